The zero-order valence-electron chi connectivity index (χ0n) is 27.2. The highest BCUT2D eigenvalue weighted by Crippen LogP contribution is 2.40. The zero-order chi connectivity index (χ0) is 35.8. The molecule has 6 nitrogen and oxygen atoms in total. The maximum atomic E-state index is 13.8. The molecular weight excluding hydrogens is 685 g/mol. The number of benzene rings is 5. The summed E-state index contributed by atoms with van der Waals surface area (Å²) < 4.78 is 74.7. The minimum Gasteiger partial charge on any atom is -0.494 e. The van der Waals surface area contributed by atoms with E-state index in [2.05, 4.69) is 9.62 Å². The van der Waals surface area contributed by atoms with Gasteiger partial charge in [0.25, 0.3) is 10.0 Å². The van der Waals surface area contributed by atoms with Crippen LogP contribution in [0.2, 0.25) is 5.02 Å². The van der Waals surface area contributed by atoms with E-state index in [4.69, 9.17) is 16.3 Å². The predicted molar refractivity (Wildman–Crippen MR) is 188 cm³/mol. The van der Waals surface area contributed by atoms with Crippen LogP contribution in [0.5, 0.6) is 5.75 Å². The Balaban J connectivity index is 1.33. The quantitative estimate of drug-likeness (QED) is 0.116. The van der Waals surface area contributed by atoms with E-state index in [-0.39, 0.29) is 29.5 Å². The predicted octanol–water partition coefficient (Wildman–Crippen LogP) is 8.64. The summed E-state index contributed by atoms with van der Waals surface area (Å²) in [7, 11) is -4.00. The highest BCUT2D eigenvalue weighted by atomic mass is 35.5. The molecule has 5 aromatic carbocycles. The van der Waals surface area contributed by atoms with Gasteiger partial charge in [-0.3, -0.25) is 9.69 Å². The molecule has 1 N–H and O–H groups in total. The summed E-state index contributed by atoms with van der Waals surface area (Å²) in [5.74, 6) is -0.196. The highest BCUT2D eigenvalue weighted by Gasteiger charge is 2.38. The van der Waals surface area contributed by atoms with Crippen LogP contribution in [0.1, 0.15) is 41.2 Å². The van der Waals surface area contributed by atoms with Crippen LogP contribution in [0.3, 0.4) is 0 Å². The highest BCUT2D eigenvalue weighted by molar-refractivity contribution is 7.90. The van der Waals surface area contributed by atoms with E-state index >= 15 is 0 Å². The number of sulfonamides is 1. The second-order valence-electron chi connectivity index (χ2n) is 11.9. The van der Waals surface area contributed by atoms with Crippen molar-refractivity contribution in [2.24, 2.45) is 0 Å². The average Bonchev–Trinajstić information content (AvgIpc) is 3.10. The molecule has 260 valence electrons. The third kappa shape index (κ3) is 8.93. The van der Waals surface area contributed by atoms with E-state index in [0.717, 1.165) is 17.2 Å². The van der Waals surface area contributed by atoms with Gasteiger partial charge in [0, 0.05) is 13.1 Å². The summed E-state index contributed by atoms with van der Waals surface area (Å²) in [6, 6.07) is 38.0. The molecule has 0 aliphatic carbocycles. The molecule has 0 saturated carbocycles. The first-order valence-electron chi connectivity index (χ1n) is 15.9. The lowest BCUT2D eigenvalue weighted by Gasteiger charge is -2.43. The lowest BCUT2D eigenvalue weighted by atomic mass is 9.82. The van der Waals surface area contributed by atoms with Crippen molar-refractivity contribution in [2.45, 2.75) is 42.9 Å². The molecule has 0 atom stereocenters. The molecule has 0 aliphatic rings. The summed E-state index contributed by atoms with van der Waals surface area (Å²) in [6.07, 6.45) is -4.29. The molecule has 0 unspecified atom stereocenters. The van der Waals surface area contributed by atoms with Gasteiger partial charge in [-0.2, -0.15) is 13.2 Å². The summed E-state index contributed by atoms with van der Waals surface area (Å²) in [6.45, 7) is 2.85. The summed E-state index contributed by atoms with van der Waals surface area (Å²) in [5, 5.41) is -0.331. The number of rotatable bonds is 14. The fraction of sp³-hybridized carbons (Fsp3) is 0.205. The Morgan fingerprint density at radius 2 is 1.38 bits per heavy atom. The van der Waals surface area contributed by atoms with Crippen LogP contribution in [-0.2, 0) is 39.5 Å². The van der Waals surface area contributed by atoms with Crippen LogP contribution in [0, 0.1) is 0 Å². The molecule has 0 radical (unpaired) electrons. The molecule has 1 amide bonds. The van der Waals surface area contributed by atoms with Crippen LogP contribution in [-0.4, -0.2) is 32.4 Å². The van der Waals surface area contributed by atoms with Crippen molar-refractivity contribution in [3.8, 4) is 5.75 Å². The Hall–Kier alpha value is -4.64. The number of hydrogen-bond donors (Lipinski definition) is 1. The van der Waals surface area contributed by atoms with Crippen molar-refractivity contribution < 1.29 is 31.1 Å². The molecule has 0 aromatic heterocycles. The second-order valence-corrected chi connectivity index (χ2v) is 13.9. The van der Waals surface area contributed by atoms with Crippen molar-refractivity contribution in [1.29, 1.82) is 0 Å². The van der Waals surface area contributed by atoms with E-state index in [1.165, 1.54) is 18.2 Å². The lowest BCUT2D eigenvalue weighted by Crippen LogP contribution is -2.45. The first-order valence-corrected chi connectivity index (χ1v) is 17.8. The molecule has 0 spiro atoms. The van der Waals surface area contributed by atoms with E-state index < -0.39 is 33.2 Å². The average molecular weight is 721 g/mol. The molecule has 11 heteroatoms. The Kier molecular flexibility index (Phi) is 11.7. The van der Waals surface area contributed by atoms with E-state index in [9.17, 15) is 26.4 Å². The number of hydrogen-bond acceptors (Lipinski definition) is 5. The number of carbonyl (C=O) groups is 1. The molecule has 5 rings (SSSR count). The van der Waals surface area contributed by atoms with Gasteiger partial charge in [-0.1, -0.05) is 115 Å². The largest absolute Gasteiger partial charge is 0.494 e. The fourth-order valence-electron chi connectivity index (χ4n) is 5.87. The van der Waals surface area contributed by atoms with Crippen molar-refractivity contribution in [2.75, 3.05) is 13.2 Å². The standard InChI is InChI=1S/C39H36ClF3N2O4S/c1-38(31-16-5-2-6-17-31,32-18-7-3-8-19-32)45(28-30-15-12-23-35(37(30)40)39(41,42)43)24-13-25-49-33-20-11-14-29(26-33)27-36(46)44-50(47,48)34-21-9-4-10-22-34/h2-12,14-23,26H,13,24-25,27-28H2,1H3,(H,44,46). The molecule has 0 aliphatic heterocycles. The summed E-state index contributed by atoms with van der Waals surface area (Å²) in [5.41, 5.74) is 1.18. The smallest absolute Gasteiger partial charge is 0.417 e. The number of nitrogens with zero attached hydrogens (tertiary/aromatic N) is 1. The van der Waals surface area contributed by atoms with Crippen molar-refractivity contribution in [3.05, 3.63) is 166 Å². The first kappa shape index (κ1) is 36.6. The number of carbonyl (C=O) groups excluding carboxylic acids is 1. The molecule has 0 saturated heterocycles. The minimum absolute atomic E-state index is 0.00886. The normalized spacial score (nSPS) is 12.1. The molecular formula is C39H36ClF3N2O4S. The van der Waals surface area contributed by atoms with Gasteiger partial charge in [-0.05, 0) is 65.9 Å². The Morgan fingerprint density at radius 3 is 1.98 bits per heavy atom. The van der Waals surface area contributed by atoms with Crippen LogP contribution in [0.25, 0.3) is 0 Å². The lowest BCUT2D eigenvalue weighted by molar-refractivity contribution is -0.137. The monoisotopic (exact) mass is 720 g/mol. The van der Waals surface area contributed by atoms with Gasteiger partial charge >= 0.3 is 6.18 Å². The number of alkyl halides is 3. The van der Waals surface area contributed by atoms with Gasteiger partial charge in [0.1, 0.15) is 5.75 Å². The van der Waals surface area contributed by atoms with Crippen LogP contribution < -0.4 is 9.46 Å². The number of halogens is 4. The topological polar surface area (TPSA) is 75.7 Å². The van der Waals surface area contributed by atoms with Crippen molar-refractivity contribution in [3.63, 3.8) is 0 Å². The fourth-order valence-corrected chi connectivity index (χ4v) is 7.16. The Labute approximate surface area is 295 Å². The van der Waals surface area contributed by atoms with Gasteiger partial charge in [0.2, 0.25) is 5.91 Å². The van der Waals surface area contributed by atoms with E-state index in [1.807, 2.05) is 67.6 Å². The van der Waals surface area contributed by atoms with Gasteiger partial charge < -0.3 is 4.74 Å². The minimum atomic E-state index is -4.60. The number of ether oxygens (including phenoxy) is 1. The molecule has 0 heterocycles. The van der Waals surface area contributed by atoms with Gasteiger partial charge in [-0.25, -0.2) is 13.1 Å². The van der Waals surface area contributed by atoms with E-state index in [1.54, 1.807) is 48.5 Å². The van der Waals surface area contributed by atoms with Crippen LogP contribution >= 0.6 is 11.6 Å². The SMILES string of the molecule is CC(c1ccccc1)(c1ccccc1)N(CCCOc1cccc(CC(=O)NS(=O)(=O)c2ccccc2)c1)Cc1cccc(C(F)(F)F)c1Cl. The second kappa shape index (κ2) is 15.9. The van der Waals surface area contributed by atoms with Gasteiger partial charge in [-0.15, -0.1) is 0 Å². The van der Waals surface area contributed by atoms with Gasteiger partial charge in [0.05, 0.1) is 34.0 Å². The van der Waals surface area contributed by atoms with Crippen molar-refractivity contribution in [1.82, 2.24) is 9.62 Å². The third-order valence-corrected chi connectivity index (χ3v) is 10.3. The van der Waals surface area contributed by atoms with Crippen molar-refractivity contribution >= 4 is 27.5 Å². The maximum Gasteiger partial charge on any atom is 0.417 e. The van der Waals surface area contributed by atoms with Gasteiger partial charge in [0.15, 0.2) is 0 Å². The molecule has 5 aromatic rings. The van der Waals surface area contributed by atoms with E-state index in [0.29, 0.717) is 29.8 Å². The maximum absolute atomic E-state index is 13.8. The summed E-state index contributed by atoms with van der Waals surface area (Å²) in [4.78, 5) is 14.7. The zero-order valence-corrected chi connectivity index (χ0v) is 28.8. The molecule has 0 fully saturated rings. The van der Waals surface area contributed by atoms with Crippen LogP contribution in [0.15, 0.2) is 138 Å². The van der Waals surface area contributed by atoms with Crippen LogP contribution in [0.4, 0.5) is 13.2 Å². The Morgan fingerprint density at radius 1 is 0.800 bits per heavy atom. The number of nitrogens with one attached hydrogen (secondary N) is 1. The third-order valence-electron chi connectivity index (χ3n) is 8.46. The Bertz CT molecular complexity index is 1960. The molecule has 0 bridgehead atoms. The number of amides is 1. The first-order chi connectivity index (χ1) is 23.9. The summed E-state index contributed by atoms with van der Waals surface area (Å²) >= 11 is 6.41. The molecule has 50 heavy (non-hydrogen) atoms.